The van der Waals surface area contributed by atoms with Crippen LogP contribution in [0.15, 0.2) is 5.16 Å². The van der Waals surface area contributed by atoms with Crippen molar-refractivity contribution in [2.24, 2.45) is 5.16 Å². The number of nitrogens with zero attached hydrogens (tertiary/aromatic N) is 2. The highest BCUT2D eigenvalue weighted by atomic mass is 16.7. The van der Waals surface area contributed by atoms with Gasteiger partial charge in [0.05, 0.1) is 6.61 Å². The van der Waals surface area contributed by atoms with E-state index in [1.165, 1.54) is 0 Å². The normalized spacial score (nSPS) is 12.3. The van der Waals surface area contributed by atoms with Gasteiger partial charge >= 0.3 is 5.97 Å². The summed E-state index contributed by atoms with van der Waals surface area (Å²) in [5.41, 5.74) is 0. The number of hydrogen-bond acceptors (Lipinski definition) is 6. The van der Waals surface area contributed by atoms with Crippen molar-refractivity contribution in [3.63, 3.8) is 0 Å². The molecule has 7 heteroatoms. The van der Waals surface area contributed by atoms with Gasteiger partial charge in [-0.25, -0.2) is 4.79 Å². The van der Waals surface area contributed by atoms with Crippen LogP contribution in [0, 0.1) is 10.1 Å². The molecule has 104 valence electrons. The molecule has 0 radical (unpaired) electrons. The fourth-order valence-electron chi connectivity index (χ4n) is 1.30. The molecular weight excluding hydrogens is 240 g/mol. The fraction of sp³-hybridized carbons (Fsp3) is 0.818. The Bertz CT molecular complexity index is 281. The lowest BCUT2D eigenvalue weighted by molar-refractivity contribution is -0.491. The number of nitro groups is 1. The summed E-state index contributed by atoms with van der Waals surface area (Å²) in [6, 6.07) is 0. The van der Waals surface area contributed by atoms with E-state index in [0.717, 1.165) is 25.5 Å². The van der Waals surface area contributed by atoms with Crippen LogP contribution in [0.5, 0.6) is 0 Å². The van der Waals surface area contributed by atoms with Gasteiger partial charge < -0.3 is 9.57 Å². The number of unbranched alkanes of at least 4 members (excludes halogenated alkanes) is 2. The number of carbonyl (C=O) groups is 1. The van der Waals surface area contributed by atoms with Gasteiger partial charge in [-0.1, -0.05) is 24.9 Å². The van der Waals surface area contributed by atoms with Gasteiger partial charge in [-0.15, -0.1) is 0 Å². The molecule has 0 aliphatic rings. The maximum Gasteiger partial charge on any atom is 0.352 e. The first-order valence-corrected chi connectivity index (χ1v) is 6.07. The molecule has 0 aromatic carbocycles. The third-order valence-electron chi connectivity index (χ3n) is 2.14. The number of oxime groups is 1. The maximum absolute atomic E-state index is 10.9. The van der Waals surface area contributed by atoms with Gasteiger partial charge in [0.1, 0.15) is 0 Å². The summed E-state index contributed by atoms with van der Waals surface area (Å²) in [4.78, 5) is 25.8. The average Bonchev–Trinajstić information content (AvgIpc) is 2.28. The molecule has 0 saturated heterocycles. The van der Waals surface area contributed by atoms with Gasteiger partial charge in [-0.2, -0.15) is 0 Å². The van der Waals surface area contributed by atoms with Crippen LogP contribution in [0.2, 0.25) is 0 Å². The molecule has 1 unspecified atom stereocenters. The third kappa shape index (κ3) is 9.56. The fourth-order valence-corrected chi connectivity index (χ4v) is 1.30. The zero-order valence-corrected chi connectivity index (χ0v) is 10.8. The van der Waals surface area contributed by atoms with Crippen molar-refractivity contribution in [3.05, 3.63) is 10.1 Å². The van der Waals surface area contributed by atoms with Crippen LogP contribution in [-0.2, 0) is 14.4 Å². The zero-order chi connectivity index (χ0) is 13.8. The quantitative estimate of drug-likeness (QED) is 0.196. The van der Waals surface area contributed by atoms with Crippen LogP contribution < -0.4 is 0 Å². The van der Waals surface area contributed by atoms with E-state index in [4.69, 9.17) is 4.84 Å². The first kappa shape index (κ1) is 16.3. The Balaban J connectivity index is 4.06. The molecule has 0 aliphatic heterocycles. The Labute approximate surface area is 106 Å². The van der Waals surface area contributed by atoms with Crippen molar-refractivity contribution in [1.29, 1.82) is 0 Å². The summed E-state index contributed by atoms with van der Waals surface area (Å²) >= 11 is 0. The molecular formula is C11H20N2O5. The number of carbonyl (C=O) groups excluding carboxylic acids is 1. The minimum atomic E-state index is -0.620. The van der Waals surface area contributed by atoms with Gasteiger partial charge in [0, 0.05) is 4.92 Å². The lowest BCUT2D eigenvalue weighted by Gasteiger charge is -2.09. The first-order valence-electron chi connectivity index (χ1n) is 6.07. The van der Waals surface area contributed by atoms with Gasteiger partial charge in [0.2, 0.25) is 6.54 Å². The third-order valence-corrected chi connectivity index (χ3v) is 2.14. The monoisotopic (exact) mass is 260 g/mol. The number of hydrogen-bond donors (Lipinski definition) is 0. The lowest BCUT2D eigenvalue weighted by Crippen LogP contribution is -2.22. The Morgan fingerprint density at radius 3 is 2.72 bits per heavy atom. The molecule has 0 aliphatic carbocycles. The SMILES string of the molecule is CCCCCC(C[N+](=O)[O-])O/N=C/C(=O)OCC. The Hall–Kier alpha value is -1.66. The van der Waals surface area contributed by atoms with Crippen molar-refractivity contribution in [3.8, 4) is 0 Å². The van der Waals surface area contributed by atoms with E-state index in [0.29, 0.717) is 6.42 Å². The van der Waals surface area contributed by atoms with Crippen LogP contribution in [0.25, 0.3) is 0 Å². The molecule has 0 amide bonds. The van der Waals surface area contributed by atoms with Gasteiger partial charge in [-0.05, 0) is 19.8 Å². The maximum atomic E-state index is 10.9. The summed E-state index contributed by atoms with van der Waals surface area (Å²) in [5.74, 6) is -0.620. The highest BCUT2D eigenvalue weighted by molar-refractivity contribution is 6.22. The molecule has 18 heavy (non-hydrogen) atoms. The first-order chi connectivity index (χ1) is 8.60. The Kier molecular flexibility index (Phi) is 9.52. The molecule has 0 aromatic heterocycles. The van der Waals surface area contributed by atoms with Crippen LogP contribution in [0.1, 0.15) is 39.5 Å². The van der Waals surface area contributed by atoms with E-state index in [1.54, 1.807) is 6.92 Å². The predicted molar refractivity (Wildman–Crippen MR) is 66.0 cm³/mol. The second-order valence-corrected chi connectivity index (χ2v) is 3.73. The summed E-state index contributed by atoms with van der Waals surface area (Å²) in [5, 5.41) is 13.8. The molecule has 7 nitrogen and oxygen atoms in total. The largest absolute Gasteiger partial charge is 0.462 e. The molecule has 0 fully saturated rings. The Morgan fingerprint density at radius 1 is 1.44 bits per heavy atom. The van der Waals surface area contributed by atoms with Crippen molar-refractivity contribution in [1.82, 2.24) is 0 Å². The van der Waals surface area contributed by atoms with E-state index in [2.05, 4.69) is 9.89 Å². The second-order valence-electron chi connectivity index (χ2n) is 3.73. The molecule has 0 rings (SSSR count). The summed E-state index contributed by atoms with van der Waals surface area (Å²) in [6.45, 7) is 3.65. The van der Waals surface area contributed by atoms with E-state index >= 15 is 0 Å². The molecule has 0 N–H and O–H groups in total. The number of rotatable bonds is 10. The smallest absolute Gasteiger partial charge is 0.352 e. The minimum Gasteiger partial charge on any atom is -0.462 e. The van der Waals surface area contributed by atoms with Crippen LogP contribution >= 0.6 is 0 Å². The van der Waals surface area contributed by atoms with Crippen molar-refractivity contribution < 1.29 is 19.3 Å². The van der Waals surface area contributed by atoms with Gasteiger partial charge in [0.25, 0.3) is 0 Å². The summed E-state index contributed by atoms with van der Waals surface area (Å²) in [6.07, 6.45) is 3.68. The highest BCUT2D eigenvalue weighted by Gasteiger charge is 2.16. The van der Waals surface area contributed by atoms with Crippen molar-refractivity contribution in [2.45, 2.75) is 45.6 Å². The standard InChI is InChI=1S/C11H20N2O5/c1-3-5-6-7-10(9-13(15)16)18-12-8-11(14)17-4-2/h8,10H,3-7,9H2,1-2H3/b12-8+. The molecule has 0 aromatic rings. The second kappa shape index (κ2) is 10.5. The van der Waals surface area contributed by atoms with E-state index < -0.39 is 17.0 Å². The number of esters is 1. The van der Waals surface area contributed by atoms with Gasteiger partial charge in [-0.3, -0.25) is 10.1 Å². The molecule has 1 atom stereocenters. The van der Waals surface area contributed by atoms with Gasteiger partial charge in [0.15, 0.2) is 12.3 Å². The van der Waals surface area contributed by atoms with E-state index in [9.17, 15) is 14.9 Å². The summed E-state index contributed by atoms with van der Waals surface area (Å²) in [7, 11) is 0. The molecule has 0 heterocycles. The lowest BCUT2D eigenvalue weighted by atomic mass is 10.1. The van der Waals surface area contributed by atoms with Crippen LogP contribution in [0.4, 0.5) is 0 Å². The van der Waals surface area contributed by atoms with Crippen molar-refractivity contribution in [2.75, 3.05) is 13.2 Å². The molecule has 0 spiro atoms. The summed E-state index contributed by atoms with van der Waals surface area (Å²) < 4.78 is 4.60. The zero-order valence-electron chi connectivity index (χ0n) is 10.8. The number of ether oxygens (including phenoxy) is 1. The predicted octanol–water partition coefficient (Wildman–Crippen LogP) is 1.78. The van der Waals surface area contributed by atoms with Crippen molar-refractivity contribution >= 4 is 12.2 Å². The average molecular weight is 260 g/mol. The van der Waals surface area contributed by atoms with E-state index in [1.807, 2.05) is 6.92 Å². The highest BCUT2D eigenvalue weighted by Crippen LogP contribution is 2.07. The molecule has 0 bridgehead atoms. The topological polar surface area (TPSA) is 91.0 Å². The minimum absolute atomic E-state index is 0.250. The van der Waals surface area contributed by atoms with Crippen LogP contribution in [-0.4, -0.2) is 36.4 Å². The van der Waals surface area contributed by atoms with E-state index in [-0.39, 0.29) is 13.2 Å². The molecule has 0 saturated carbocycles. The van der Waals surface area contributed by atoms with Crippen LogP contribution in [0.3, 0.4) is 0 Å². The Morgan fingerprint density at radius 2 is 2.17 bits per heavy atom.